The van der Waals surface area contributed by atoms with E-state index in [2.05, 4.69) is 20.0 Å². The Balaban J connectivity index is 1.03. The minimum absolute atomic E-state index is 0.00117. The summed E-state index contributed by atoms with van der Waals surface area (Å²) in [5, 5.41) is 4.39. The minimum Gasteiger partial charge on any atom is -0.461 e. The van der Waals surface area contributed by atoms with Gasteiger partial charge in [-0.25, -0.2) is 17.8 Å². The van der Waals surface area contributed by atoms with Gasteiger partial charge >= 0.3 is 4.87 Å². The third-order valence-corrected chi connectivity index (χ3v) is 11.3. The first-order valence-electron chi connectivity index (χ1n) is 14.4. The van der Waals surface area contributed by atoms with Gasteiger partial charge in [-0.05, 0) is 74.5 Å². The molecule has 12 nitrogen and oxygen atoms in total. The van der Waals surface area contributed by atoms with E-state index in [1.165, 1.54) is 21.2 Å². The van der Waals surface area contributed by atoms with Crippen LogP contribution in [0.2, 0.25) is 0 Å². The van der Waals surface area contributed by atoms with E-state index in [9.17, 15) is 13.2 Å². The summed E-state index contributed by atoms with van der Waals surface area (Å²) < 4.78 is 51.7. The van der Waals surface area contributed by atoms with Crippen molar-refractivity contribution in [3.63, 3.8) is 0 Å². The maximum atomic E-state index is 15.2. The number of furan rings is 1. The van der Waals surface area contributed by atoms with Gasteiger partial charge in [0, 0.05) is 26.2 Å². The van der Waals surface area contributed by atoms with Crippen molar-refractivity contribution in [3.8, 4) is 11.6 Å². The van der Waals surface area contributed by atoms with Crippen molar-refractivity contribution in [1.29, 1.82) is 0 Å². The smallest absolute Gasteiger partial charge is 0.309 e. The predicted octanol–water partition coefficient (Wildman–Crippen LogP) is 3.54. The molecule has 2 aliphatic rings. The molecular weight excluding hydrogens is 595 g/mol. The molecule has 2 aliphatic heterocycles. The van der Waals surface area contributed by atoms with Gasteiger partial charge in [0.15, 0.2) is 17.1 Å². The van der Waals surface area contributed by atoms with E-state index in [1.54, 1.807) is 28.8 Å². The Hall–Kier alpha value is -3.66. The number of nitrogen functional groups attached to an aromatic ring is 1. The molecule has 0 amide bonds. The summed E-state index contributed by atoms with van der Waals surface area (Å²) >= 11 is 1.05. The monoisotopic (exact) mass is 626 g/mol. The van der Waals surface area contributed by atoms with E-state index in [0.29, 0.717) is 59.3 Å². The Bertz CT molecular complexity index is 1950. The molecule has 4 aromatic heterocycles. The first-order valence-corrected chi connectivity index (χ1v) is 16.7. The van der Waals surface area contributed by atoms with E-state index in [0.717, 1.165) is 56.5 Å². The van der Waals surface area contributed by atoms with Crippen molar-refractivity contribution in [2.45, 2.75) is 49.5 Å². The van der Waals surface area contributed by atoms with Crippen LogP contribution in [-0.2, 0) is 16.6 Å². The van der Waals surface area contributed by atoms with Crippen molar-refractivity contribution >= 4 is 43.3 Å². The fraction of sp³-hybridized carbons (Fsp3) is 0.429. The van der Waals surface area contributed by atoms with Crippen LogP contribution >= 0.6 is 11.3 Å². The summed E-state index contributed by atoms with van der Waals surface area (Å²) in [5.41, 5.74) is 7.67. The number of anilines is 1. The molecule has 0 radical (unpaired) electrons. The zero-order valence-corrected chi connectivity index (χ0v) is 25.0. The lowest BCUT2D eigenvalue weighted by molar-refractivity contribution is 0.204. The molecular formula is C28H31FN8O4S2. The van der Waals surface area contributed by atoms with Crippen LogP contribution in [0.15, 0.2) is 50.7 Å². The largest absolute Gasteiger partial charge is 0.461 e. The van der Waals surface area contributed by atoms with Gasteiger partial charge < -0.3 is 15.1 Å². The number of hydrogen-bond acceptors (Lipinski definition) is 10. The zero-order valence-electron chi connectivity index (χ0n) is 23.4. The van der Waals surface area contributed by atoms with E-state index in [1.807, 2.05) is 0 Å². The Morgan fingerprint density at radius 3 is 2.53 bits per heavy atom. The maximum absolute atomic E-state index is 15.2. The number of aromatic nitrogens is 5. The fourth-order valence-electron chi connectivity index (χ4n) is 6.10. The topological polar surface area (TPSA) is 145 Å². The normalized spacial score (nSPS) is 17.8. The van der Waals surface area contributed by atoms with Crippen LogP contribution < -0.4 is 10.6 Å². The third-order valence-electron chi connectivity index (χ3n) is 8.45. The molecule has 43 heavy (non-hydrogen) atoms. The quantitative estimate of drug-likeness (QED) is 0.287. The number of likely N-dealkylation sites (tertiary alicyclic amines) is 1. The standard InChI is InChI=1S/C28H31FN8O4S2/c29-21-17-19(43(39,40)35-10-2-1-3-11-35)6-7-20(21)18-8-12-34(13-9-18)14-15-36-25-23(42-28(36)38)26-31-24(22-5-4-16-41-22)33-37(26)27(30)32-25/h4-7,16-18H,1-3,8-15H2,(H2,30,32). The minimum atomic E-state index is -3.68. The number of piperidine rings is 2. The first-order chi connectivity index (χ1) is 20.8. The molecule has 6 heterocycles. The number of thiazole rings is 1. The summed E-state index contributed by atoms with van der Waals surface area (Å²) in [7, 11) is -3.68. The lowest BCUT2D eigenvalue weighted by Crippen LogP contribution is -2.36. The van der Waals surface area contributed by atoms with E-state index in [4.69, 9.17) is 10.2 Å². The molecule has 0 aliphatic carbocycles. The summed E-state index contributed by atoms with van der Waals surface area (Å²) in [6.07, 6.45) is 5.68. The Labute approximate surface area is 250 Å². The predicted molar refractivity (Wildman–Crippen MR) is 160 cm³/mol. The highest BCUT2D eigenvalue weighted by Crippen LogP contribution is 2.32. The summed E-state index contributed by atoms with van der Waals surface area (Å²) in [5.74, 6) is 0.503. The second kappa shape index (κ2) is 11.1. The van der Waals surface area contributed by atoms with Crippen LogP contribution in [0.4, 0.5) is 10.3 Å². The van der Waals surface area contributed by atoms with Gasteiger partial charge in [-0.1, -0.05) is 23.8 Å². The molecule has 0 atom stereocenters. The number of nitrogens with zero attached hydrogens (tertiary/aromatic N) is 7. The molecule has 15 heteroatoms. The van der Waals surface area contributed by atoms with Crippen LogP contribution in [0.3, 0.4) is 0 Å². The second-order valence-electron chi connectivity index (χ2n) is 11.1. The molecule has 0 bridgehead atoms. The number of hydrogen-bond donors (Lipinski definition) is 1. The molecule has 2 fully saturated rings. The fourth-order valence-corrected chi connectivity index (χ4v) is 8.56. The zero-order chi connectivity index (χ0) is 29.7. The molecule has 5 aromatic rings. The molecule has 0 saturated carbocycles. The summed E-state index contributed by atoms with van der Waals surface area (Å²) in [4.78, 5) is 24.1. The number of nitrogens with two attached hydrogens (primary N) is 1. The summed E-state index contributed by atoms with van der Waals surface area (Å²) in [6, 6.07) is 7.86. The van der Waals surface area contributed by atoms with Crippen LogP contribution in [0.5, 0.6) is 0 Å². The van der Waals surface area contributed by atoms with Gasteiger partial charge in [-0.3, -0.25) is 9.36 Å². The number of rotatable bonds is 7. The molecule has 7 rings (SSSR count). The number of benzene rings is 1. The molecule has 1 aromatic carbocycles. The van der Waals surface area contributed by atoms with E-state index >= 15 is 4.39 Å². The Morgan fingerprint density at radius 1 is 1.02 bits per heavy atom. The third kappa shape index (κ3) is 5.13. The number of fused-ring (bicyclic) bond motifs is 3. The summed E-state index contributed by atoms with van der Waals surface area (Å²) in [6.45, 7) is 3.46. The average molecular weight is 627 g/mol. The van der Waals surface area contributed by atoms with Crippen LogP contribution in [-0.4, -0.2) is 74.5 Å². The highest BCUT2D eigenvalue weighted by molar-refractivity contribution is 7.89. The second-order valence-corrected chi connectivity index (χ2v) is 14.0. The molecule has 226 valence electrons. The molecule has 0 spiro atoms. The van der Waals surface area contributed by atoms with Crippen molar-refractivity contribution in [2.24, 2.45) is 0 Å². The SMILES string of the molecule is Nc1nc2c(sc(=O)n2CCN2CCC(c3ccc(S(=O)(=O)N4CCCCC4)cc3F)CC2)c2nc(-c3ccco3)nn12. The lowest BCUT2D eigenvalue weighted by atomic mass is 9.89. The van der Waals surface area contributed by atoms with Crippen molar-refractivity contribution < 1.29 is 17.2 Å². The number of halogens is 1. The van der Waals surface area contributed by atoms with Crippen molar-refractivity contribution in [1.82, 2.24) is 33.4 Å². The van der Waals surface area contributed by atoms with Gasteiger partial charge in [0.25, 0.3) is 0 Å². The van der Waals surface area contributed by atoms with Gasteiger partial charge in [0.05, 0.1) is 11.2 Å². The van der Waals surface area contributed by atoms with Crippen LogP contribution in [0, 0.1) is 5.82 Å². The van der Waals surface area contributed by atoms with E-state index < -0.39 is 15.8 Å². The molecule has 2 saturated heterocycles. The molecule has 2 N–H and O–H groups in total. The highest BCUT2D eigenvalue weighted by atomic mass is 32.2. The van der Waals surface area contributed by atoms with Gasteiger partial charge in [-0.2, -0.15) is 13.8 Å². The first kappa shape index (κ1) is 28.1. The van der Waals surface area contributed by atoms with Crippen LogP contribution in [0.25, 0.3) is 27.6 Å². The maximum Gasteiger partial charge on any atom is 0.309 e. The van der Waals surface area contributed by atoms with Crippen LogP contribution in [0.1, 0.15) is 43.6 Å². The van der Waals surface area contributed by atoms with Gasteiger partial charge in [0.2, 0.25) is 21.8 Å². The Morgan fingerprint density at radius 2 is 1.81 bits per heavy atom. The van der Waals surface area contributed by atoms with Gasteiger partial charge in [-0.15, -0.1) is 5.10 Å². The lowest BCUT2D eigenvalue weighted by Gasteiger charge is -2.32. The van der Waals surface area contributed by atoms with Gasteiger partial charge in [0.1, 0.15) is 10.5 Å². The van der Waals surface area contributed by atoms with Crippen molar-refractivity contribution in [2.75, 3.05) is 38.5 Å². The number of sulfonamides is 1. The Kier molecular flexibility index (Phi) is 7.27. The molecule has 0 unspecified atom stereocenters. The average Bonchev–Trinajstić information content (AvgIpc) is 3.77. The highest BCUT2D eigenvalue weighted by Gasteiger charge is 2.29. The van der Waals surface area contributed by atoms with E-state index in [-0.39, 0.29) is 21.6 Å². The van der Waals surface area contributed by atoms with Crippen molar-refractivity contribution in [3.05, 3.63) is 57.6 Å².